The smallest absolute Gasteiger partial charge is 0.228 e. The lowest BCUT2D eigenvalue weighted by molar-refractivity contribution is -0.115. The van der Waals surface area contributed by atoms with E-state index in [9.17, 15) is 4.79 Å². The Balaban J connectivity index is 1.54. The Morgan fingerprint density at radius 2 is 2.10 bits per heavy atom. The monoisotopic (exact) mass is 424 g/mol. The third-order valence-electron chi connectivity index (χ3n) is 5.18. The molecule has 1 aliphatic heterocycles. The highest BCUT2D eigenvalue weighted by molar-refractivity contribution is 6.30. The summed E-state index contributed by atoms with van der Waals surface area (Å²) in [7, 11) is 1.90. The molecule has 0 bridgehead atoms. The molecule has 2 N–H and O–H groups in total. The Labute approximate surface area is 181 Å². The van der Waals surface area contributed by atoms with Crippen molar-refractivity contribution < 1.29 is 9.53 Å². The average Bonchev–Trinajstić information content (AvgIpc) is 3.17. The summed E-state index contributed by atoms with van der Waals surface area (Å²) < 4.78 is 8.11. The van der Waals surface area contributed by atoms with Crippen LogP contribution in [0.4, 0.5) is 5.69 Å². The van der Waals surface area contributed by atoms with Crippen molar-refractivity contribution in [1.29, 1.82) is 0 Å². The van der Waals surface area contributed by atoms with E-state index in [4.69, 9.17) is 16.3 Å². The van der Waals surface area contributed by atoms with Crippen molar-refractivity contribution in [2.24, 2.45) is 7.05 Å². The van der Waals surface area contributed by atoms with Crippen LogP contribution in [0.25, 0.3) is 11.3 Å². The summed E-state index contributed by atoms with van der Waals surface area (Å²) in [5, 5.41) is 11.3. The van der Waals surface area contributed by atoms with E-state index in [2.05, 4.69) is 15.7 Å². The molecule has 0 aliphatic carbocycles. The fraction of sp³-hybridized carbons (Fsp3) is 0.304. The summed E-state index contributed by atoms with van der Waals surface area (Å²) in [6.45, 7) is 1.87. The van der Waals surface area contributed by atoms with Gasteiger partial charge in [-0.2, -0.15) is 5.10 Å². The van der Waals surface area contributed by atoms with Gasteiger partial charge in [-0.1, -0.05) is 23.7 Å². The van der Waals surface area contributed by atoms with E-state index in [1.807, 2.05) is 43.4 Å². The molecule has 30 heavy (non-hydrogen) atoms. The number of amides is 1. The fourth-order valence-corrected chi connectivity index (χ4v) is 3.77. The van der Waals surface area contributed by atoms with E-state index in [0.717, 1.165) is 54.2 Å². The molecule has 156 valence electrons. The molecule has 0 radical (unpaired) electrons. The lowest BCUT2D eigenvalue weighted by atomic mass is 10.1. The molecule has 1 unspecified atom stereocenters. The van der Waals surface area contributed by atoms with Crippen LogP contribution < -0.4 is 15.4 Å². The summed E-state index contributed by atoms with van der Waals surface area (Å²) in [4.78, 5) is 12.5. The number of hydrogen-bond acceptors (Lipinski definition) is 4. The van der Waals surface area contributed by atoms with Gasteiger partial charge in [0.15, 0.2) is 0 Å². The van der Waals surface area contributed by atoms with Crippen molar-refractivity contribution in [3.05, 3.63) is 65.3 Å². The van der Waals surface area contributed by atoms with Crippen LogP contribution in [-0.4, -0.2) is 34.9 Å². The van der Waals surface area contributed by atoms with E-state index >= 15 is 0 Å². The highest BCUT2D eigenvalue weighted by atomic mass is 35.5. The van der Waals surface area contributed by atoms with Gasteiger partial charge in [0.25, 0.3) is 0 Å². The molecular weight excluding hydrogens is 400 g/mol. The Morgan fingerprint density at radius 3 is 2.80 bits per heavy atom. The van der Waals surface area contributed by atoms with Crippen LogP contribution in [0.5, 0.6) is 5.75 Å². The van der Waals surface area contributed by atoms with Gasteiger partial charge in [0.1, 0.15) is 11.9 Å². The van der Waals surface area contributed by atoms with Crippen molar-refractivity contribution in [1.82, 2.24) is 15.1 Å². The van der Waals surface area contributed by atoms with E-state index in [0.29, 0.717) is 5.02 Å². The van der Waals surface area contributed by atoms with Gasteiger partial charge in [0, 0.05) is 36.1 Å². The molecule has 6 nitrogen and oxygen atoms in total. The number of nitrogens with one attached hydrogen (secondary N) is 2. The van der Waals surface area contributed by atoms with Gasteiger partial charge < -0.3 is 15.4 Å². The summed E-state index contributed by atoms with van der Waals surface area (Å²) >= 11 is 5.92. The molecule has 1 atom stereocenters. The number of carbonyl (C=O) groups excluding carboxylic acids is 1. The zero-order chi connectivity index (χ0) is 20.9. The number of benzene rings is 2. The third kappa shape index (κ3) is 5.01. The molecule has 7 heteroatoms. The molecule has 1 fully saturated rings. The van der Waals surface area contributed by atoms with Crippen molar-refractivity contribution >= 4 is 23.2 Å². The van der Waals surface area contributed by atoms with E-state index in [1.54, 1.807) is 23.0 Å². The first-order valence-electron chi connectivity index (χ1n) is 10.1. The van der Waals surface area contributed by atoms with Crippen molar-refractivity contribution in [3.8, 4) is 17.0 Å². The van der Waals surface area contributed by atoms with Gasteiger partial charge in [-0.3, -0.25) is 9.48 Å². The number of halogens is 1. The minimum atomic E-state index is -0.0848. The van der Waals surface area contributed by atoms with Gasteiger partial charge in [-0.25, -0.2) is 0 Å². The third-order valence-corrected chi connectivity index (χ3v) is 5.44. The zero-order valence-corrected chi connectivity index (χ0v) is 17.7. The quantitative estimate of drug-likeness (QED) is 0.626. The van der Waals surface area contributed by atoms with Gasteiger partial charge >= 0.3 is 0 Å². The number of piperidine rings is 1. The second-order valence-electron chi connectivity index (χ2n) is 7.49. The maximum Gasteiger partial charge on any atom is 0.228 e. The Morgan fingerprint density at radius 1 is 1.27 bits per heavy atom. The highest BCUT2D eigenvalue weighted by Crippen LogP contribution is 2.33. The van der Waals surface area contributed by atoms with E-state index in [1.165, 1.54) is 0 Å². The molecule has 0 spiro atoms. The predicted octanol–water partition coefficient (Wildman–Crippen LogP) is 4.05. The van der Waals surface area contributed by atoms with Gasteiger partial charge in [0.2, 0.25) is 5.91 Å². The summed E-state index contributed by atoms with van der Waals surface area (Å²) in [5.41, 5.74) is 3.47. The van der Waals surface area contributed by atoms with Crippen LogP contribution in [0.15, 0.2) is 54.7 Å². The van der Waals surface area contributed by atoms with Crippen LogP contribution >= 0.6 is 11.6 Å². The van der Waals surface area contributed by atoms with Crippen molar-refractivity contribution in [3.63, 3.8) is 0 Å². The van der Waals surface area contributed by atoms with Crippen LogP contribution in [0.1, 0.15) is 18.4 Å². The number of hydrogen-bond donors (Lipinski definition) is 2. The lowest BCUT2D eigenvalue weighted by Gasteiger charge is -2.25. The number of anilines is 1. The van der Waals surface area contributed by atoms with Gasteiger partial charge in [-0.15, -0.1) is 0 Å². The normalized spacial score (nSPS) is 16.3. The molecule has 3 aromatic rings. The topological polar surface area (TPSA) is 68.2 Å². The first-order chi connectivity index (χ1) is 14.6. The van der Waals surface area contributed by atoms with Gasteiger partial charge in [-0.05, 0) is 61.3 Å². The molecule has 1 saturated heterocycles. The first kappa shape index (κ1) is 20.4. The summed E-state index contributed by atoms with van der Waals surface area (Å²) in [6.07, 6.45) is 4.30. The fourth-order valence-electron chi connectivity index (χ4n) is 3.64. The zero-order valence-electron chi connectivity index (χ0n) is 16.9. The number of nitrogens with zero attached hydrogens (tertiary/aromatic N) is 2. The first-order valence-corrected chi connectivity index (χ1v) is 10.5. The Bertz CT molecular complexity index is 1010. The number of aromatic nitrogens is 2. The molecule has 1 aromatic heterocycles. The summed E-state index contributed by atoms with van der Waals surface area (Å²) in [5.74, 6) is 0.710. The minimum absolute atomic E-state index is 0.0848. The largest absolute Gasteiger partial charge is 0.488 e. The maximum atomic E-state index is 12.5. The number of ether oxygens (including phenoxy) is 1. The highest BCUT2D eigenvalue weighted by Gasteiger charge is 2.18. The van der Waals surface area contributed by atoms with E-state index < -0.39 is 0 Å². The van der Waals surface area contributed by atoms with Crippen LogP contribution in [-0.2, 0) is 18.3 Å². The minimum Gasteiger partial charge on any atom is -0.488 e. The average molecular weight is 425 g/mol. The molecule has 0 saturated carbocycles. The number of rotatable bonds is 6. The predicted molar refractivity (Wildman–Crippen MR) is 119 cm³/mol. The Hall–Kier alpha value is -2.83. The maximum absolute atomic E-state index is 12.5. The van der Waals surface area contributed by atoms with Crippen molar-refractivity contribution in [2.75, 3.05) is 18.4 Å². The standard InChI is InChI=1S/C23H25ClN4O2/c1-28-21(10-12-26-28)20-14-18(8-9-22(20)30-19-3-2-11-25-15-19)27-23(29)13-16-4-6-17(24)7-5-16/h4-10,12,14,19,25H,2-3,11,13,15H2,1H3,(H,27,29). The number of aryl methyl sites for hydroxylation is 1. The second-order valence-corrected chi connectivity index (χ2v) is 7.93. The number of carbonyl (C=O) groups is 1. The van der Waals surface area contributed by atoms with Crippen molar-refractivity contribution in [2.45, 2.75) is 25.4 Å². The van der Waals surface area contributed by atoms with Crippen LogP contribution in [0.2, 0.25) is 5.02 Å². The SMILES string of the molecule is Cn1nccc1-c1cc(NC(=O)Cc2ccc(Cl)cc2)ccc1OC1CCCNC1. The second kappa shape index (κ2) is 9.32. The molecule has 2 heterocycles. The molecule has 1 amide bonds. The lowest BCUT2D eigenvalue weighted by Crippen LogP contribution is -2.37. The van der Waals surface area contributed by atoms with Gasteiger partial charge in [0.05, 0.1) is 12.1 Å². The molecular formula is C23H25ClN4O2. The van der Waals surface area contributed by atoms with Crippen LogP contribution in [0.3, 0.4) is 0 Å². The molecule has 1 aliphatic rings. The molecule has 2 aromatic carbocycles. The Kier molecular flexibility index (Phi) is 6.35. The van der Waals surface area contributed by atoms with Crippen LogP contribution in [0, 0.1) is 0 Å². The molecule has 4 rings (SSSR count). The van der Waals surface area contributed by atoms with E-state index in [-0.39, 0.29) is 18.4 Å². The summed E-state index contributed by atoms with van der Waals surface area (Å²) in [6, 6.07) is 15.0.